The van der Waals surface area contributed by atoms with Gasteiger partial charge in [0.2, 0.25) is 0 Å². The predicted molar refractivity (Wildman–Crippen MR) is 82.2 cm³/mol. The number of nitrogen functional groups attached to an aromatic ring is 1. The summed E-state index contributed by atoms with van der Waals surface area (Å²) in [5.74, 6) is 0.368. The molecule has 0 saturated carbocycles. The third-order valence-corrected chi connectivity index (χ3v) is 3.35. The van der Waals surface area contributed by atoms with Gasteiger partial charge in [0.1, 0.15) is 5.52 Å². The number of rotatable bonds is 4. The molecule has 7 nitrogen and oxygen atoms in total. The maximum absolute atomic E-state index is 10.6. The quantitative estimate of drug-likeness (QED) is 0.584. The van der Waals surface area contributed by atoms with Crippen molar-refractivity contribution in [2.45, 2.75) is 12.8 Å². The number of pyridine rings is 1. The van der Waals surface area contributed by atoms with Crippen LogP contribution >= 0.6 is 0 Å². The Labute approximate surface area is 126 Å². The van der Waals surface area contributed by atoms with Crippen LogP contribution in [0.15, 0.2) is 42.7 Å². The lowest BCUT2D eigenvalue weighted by atomic mass is 10.1. The van der Waals surface area contributed by atoms with Crippen LogP contribution in [0.4, 0.5) is 11.5 Å². The summed E-state index contributed by atoms with van der Waals surface area (Å²) in [5.41, 5.74) is 9.01. The van der Waals surface area contributed by atoms with Crippen LogP contribution in [-0.4, -0.2) is 19.9 Å². The van der Waals surface area contributed by atoms with Gasteiger partial charge in [-0.3, -0.25) is 10.1 Å². The van der Waals surface area contributed by atoms with E-state index in [1.54, 1.807) is 30.6 Å². The summed E-state index contributed by atoms with van der Waals surface area (Å²) < 4.78 is 0. The van der Waals surface area contributed by atoms with Gasteiger partial charge in [-0.25, -0.2) is 15.0 Å². The topological polar surface area (TPSA) is 108 Å². The molecule has 2 aromatic heterocycles. The molecule has 0 fully saturated rings. The van der Waals surface area contributed by atoms with Gasteiger partial charge in [0.05, 0.1) is 16.1 Å². The van der Waals surface area contributed by atoms with E-state index in [1.165, 1.54) is 12.1 Å². The lowest BCUT2D eigenvalue weighted by Crippen LogP contribution is -1.99. The lowest BCUT2D eigenvalue weighted by molar-refractivity contribution is -0.384. The fourth-order valence-corrected chi connectivity index (χ4v) is 2.18. The Morgan fingerprint density at radius 3 is 2.59 bits per heavy atom. The van der Waals surface area contributed by atoms with Crippen molar-refractivity contribution in [2.24, 2.45) is 0 Å². The highest BCUT2D eigenvalue weighted by molar-refractivity contribution is 5.83. The van der Waals surface area contributed by atoms with Crippen molar-refractivity contribution in [1.82, 2.24) is 15.0 Å². The number of nitrogens with zero attached hydrogens (tertiary/aromatic N) is 4. The van der Waals surface area contributed by atoms with Gasteiger partial charge in [-0.1, -0.05) is 12.1 Å². The van der Waals surface area contributed by atoms with E-state index >= 15 is 0 Å². The third-order valence-electron chi connectivity index (χ3n) is 3.35. The molecule has 0 atom stereocenters. The number of hydrogen-bond donors (Lipinski definition) is 1. The Kier molecular flexibility index (Phi) is 3.61. The molecule has 22 heavy (non-hydrogen) atoms. The maximum Gasteiger partial charge on any atom is 0.269 e. The Balaban J connectivity index is 1.74. The SMILES string of the molecule is Nc1nccc2nc(CCc3ccc([N+](=O)[O-])cc3)cnc12. The summed E-state index contributed by atoms with van der Waals surface area (Å²) in [5, 5.41) is 10.6. The Hall–Kier alpha value is -3.09. The normalized spacial score (nSPS) is 10.7. The minimum absolute atomic E-state index is 0.0947. The van der Waals surface area contributed by atoms with Gasteiger partial charge in [-0.05, 0) is 24.5 Å². The highest BCUT2D eigenvalue weighted by atomic mass is 16.6. The minimum atomic E-state index is -0.406. The molecule has 110 valence electrons. The van der Waals surface area contributed by atoms with Crippen LogP contribution in [0.5, 0.6) is 0 Å². The van der Waals surface area contributed by atoms with Gasteiger partial charge >= 0.3 is 0 Å². The largest absolute Gasteiger partial charge is 0.382 e. The molecule has 0 saturated heterocycles. The van der Waals surface area contributed by atoms with E-state index in [0.29, 0.717) is 23.3 Å². The molecule has 3 aromatic rings. The molecular weight excluding hydrogens is 282 g/mol. The first kappa shape index (κ1) is 13.9. The van der Waals surface area contributed by atoms with Crippen molar-refractivity contribution < 1.29 is 4.92 Å². The average molecular weight is 295 g/mol. The molecule has 2 heterocycles. The number of non-ortho nitro benzene ring substituents is 1. The average Bonchev–Trinajstić information content (AvgIpc) is 2.53. The van der Waals surface area contributed by atoms with Crippen molar-refractivity contribution in [3.05, 3.63) is 64.1 Å². The van der Waals surface area contributed by atoms with Crippen LogP contribution in [-0.2, 0) is 12.8 Å². The first-order valence-corrected chi connectivity index (χ1v) is 6.73. The van der Waals surface area contributed by atoms with E-state index < -0.39 is 4.92 Å². The number of nitro benzene ring substituents is 1. The van der Waals surface area contributed by atoms with Crippen molar-refractivity contribution in [2.75, 3.05) is 5.73 Å². The lowest BCUT2D eigenvalue weighted by Gasteiger charge is -2.04. The van der Waals surface area contributed by atoms with Gasteiger partial charge in [0.15, 0.2) is 5.82 Å². The van der Waals surface area contributed by atoms with Gasteiger partial charge < -0.3 is 5.73 Å². The number of nitrogens with two attached hydrogens (primary N) is 1. The van der Waals surface area contributed by atoms with E-state index in [-0.39, 0.29) is 5.69 Å². The smallest absolute Gasteiger partial charge is 0.269 e. The summed E-state index contributed by atoms with van der Waals surface area (Å²) >= 11 is 0. The fraction of sp³-hybridized carbons (Fsp3) is 0.133. The highest BCUT2D eigenvalue weighted by Gasteiger charge is 2.06. The van der Waals surface area contributed by atoms with E-state index in [0.717, 1.165) is 17.7 Å². The molecule has 0 aliphatic heterocycles. The number of benzene rings is 1. The monoisotopic (exact) mass is 295 g/mol. The van der Waals surface area contributed by atoms with E-state index in [1.807, 2.05) is 0 Å². The Bertz CT molecular complexity index is 833. The highest BCUT2D eigenvalue weighted by Crippen LogP contribution is 2.16. The van der Waals surface area contributed by atoms with Crippen molar-refractivity contribution in [3.63, 3.8) is 0 Å². The van der Waals surface area contributed by atoms with Crippen LogP contribution < -0.4 is 5.73 Å². The van der Waals surface area contributed by atoms with E-state index in [9.17, 15) is 10.1 Å². The Morgan fingerprint density at radius 1 is 1.09 bits per heavy atom. The molecule has 2 N–H and O–H groups in total. The molecule has 3 rings (SSSR count). The van der Waals surface area contributed by atoms with Crippen LogP contribution in [0.3, 0.4) is 0 Å². The van der Waals surface area contributed by atoms with Gasteiger partial charge in [0.25, 0.3) is 5.69 Å². The summed E-state index contributed by atoms with van der Waals surface area (Å²) in [4.78, 5) is 23.0. The molecule has 0 spiro atoms. The molecule has 0 bridgehead atoms. The van der Waals surface area contributed by atoms with E-state index in [4.69, 9.17) is 5.73 Å². The minimum Gasteiger partial charge on any atom is -0.382 e. The predicted octanol–water partition coefficient (Wildman–Crippen LogP) is 2.30. The summed E-state index contributed by atoms with van der Waals surface area (Å²) in [6.07, 6.45) is 4.72. The number of fused-ring (bicyclic) bond motifs is 1. The standard InChI is InChI=1S/C15H13N5O2/c16-15-14-13(7-8-17-15)19-11(9-18-14)4-1-10-2-5-12(6-3-10)20(21)22/h2-3,5-9H,1,4H2,(H2,16,17). The number of nitro groups is 1. The second kappa shape index (κ2) is 5.72. The van der Waals surface area contributed by atoms with Gasteiger partial charge in [-0.2, -0.15) is 0 Å². The number of anilines is 1. The number of hydrogen-bond acceptors (Lipinski definition) is 6. The second-order valence-corrected chi connectivity index (χ2v) is 4.85. The number of aromatic nitrogens is 3. The molecule has 0 aliphatic rings. The van der Waals surface area contributed by atoms with Crippen molar-refractivity contribution >= 4 is 22.5 Å². The summed E-state index contributed by atoms with van der Waals surface area (Å²) in [6.45, 7) is 0. The van der Waals surface area contributed by atoms with Gasteiger partial charge in [-0.15, -0.1) is 0 Å². The zero-order valence-corrected chi connectivity index (χ0v) is 11.6. The molecule has 7 heteroatoms. The van der Waals surface area contributed by atoms with Crippen molar-refractivity contribution in [3.8, 4) is 0 Å². The second-order valence-electron chi connectivity index (χ2n) is 4.85. The maximum atomic E-state index is 10.6. The molecule has 0 aliphatic carbocycles. The van der Waals surface area contributed by atoms with E-state index in [2.05, 4.69) is 15.0 Å². The zero-order valence-electron chi connectivity index (χ0n) is 11.6. The Morgan fingerprint density at radius 2 is 1.86 bits per heavy atom. The molecule has 0 amide bonds. The van der Waals surface area contributed by atoms with Gasteiger partial charge in [0, 0.05) is 24.5 Å². The zero-order chi connectivity index (χ0) is 15.5. The molecule has 0 radical (unpaired) electrons. The third kappa shape index (κ3) is 2.83. The molecular formula is C15H13N5O2. The first-order chi connectivity index (χ1) is 10.6. The first-order valence-electron chi connectivity index (χ1n) is 6.73. The number of aryl methyl sites for hydroxylation is 2. The summed E-state index contributed by atoms with van der Waals surface area (Å²) in [7, 11) is 0. The fourth-order valence-electron chi connectivity index (χ4n) is 2.18. The van der Waals surface area contributed by atoms with Crippen LogP contribution in [0.2, 0.25) is 0 Å². The van der Waals surface area contributed by atoms with Crippen LogP contribution in [0.1, 0.15) is 11.3 Å². The molecule has 1 aromatic carbocycles. The van der Waals surface area contributed by atoms with Crippen molar-refractivity contribution in [1.29, 1.82) is 0 Å². The summed E-state index contributed by atoms with van der Waals surface area (Å²) in [6, 6.07) is 8.30. The van der Waals surface area contributed by atoms with Crippen LogP contribution in [0, 0.1) is 10.1 Å². The van der Waals surface area contributed by atoms with Crippen LogP contribution in [0.25, 0.3) is 11.0 Å². The molecule has 0 unspecified atom stereocenters.